The zero-order valence-corrected chi connectivity index (χ0v) is 5.86. The van der Waals surface area contributed by atoms with Crippen LogP contribution in [-0.2, 0) is 0 Å². The van der Waals surface area contributed by atoms with Crippen LogP contribution < -0.4 is 0 Å². The molecule has 0 N–H and O–H groups in total. The van der Waals surface area contributed by atoms with Crippen molar-refractivity contribution in [2.24, 2.45) is 0 Å². The van der Waals surface area contributed by atoms with Gasteiger partial charge in [-0.05, 0) is 0 Å². The molecule has 0 aromatic carbocycles. The highest BCUT2D eigenvalue weighted by molar-refractivity contribution is 6.78. The molecule has 0 saturated heterocycles. The van der Waals surface area contributed by atoms with Gasteiger partial charge in [0.05, 0.1) is 0 Å². The van der Waals surface area contributed by atoms with E-state index in [1.807, 2.05) is 0 Å². The molecule has 0 unspecified atom stereocenters. The Bertz CT molecular complexity index is 169. The third kappa shape index (κ3) is 1.76. The van der Waals surface area contributed by atoms with Gasteiger partial charge in [-0.3, -0.25) is 0 Å². The van der Waals surface area contributed by atoms with Gasteiger partial charge in [0.25, 0.3) is 0 Å². The quantitative estimate of drug-likeness (QED) is 0.448. The molecule has 0 saturated carbocycles. The molecular weight excluding hydrogens is 237 g/mol. The van der Waals surface area contributed by atoms with Gasteiger partial charge in [0.1, 0.15) is 0 Å². The first-order chi connectivity index (χ1) is 5.75. The number of alkyl halides is 9. The largest absolute Gasteiger partial charge is 0.490 e. The molecule has 0 aliphatic heterocycles. The summed E-state index contributed by atoms with van der Waals surface area (Å²) in [4.78, 5) is 0. The van der Waals surface area contributed by atoms with Gasteiger partial charge in [0.15, 0.2) is 0 Å². The fourth-order valence-corrected chi connectivity index (χ4v) is 0.557. The van der Waals surface area contributed by atoms with Gasteiger partial charge >= 0.3 is 24.7 Å². The van der Waals surface area contributed by atoms with Crippen molar-refractivity contribution in [1.29, 1.82) is 0 Å². The fraction of sp³-hybridized carbons (Fsp3) is 1.00. The summed E-state index contributed by atoms with van der Waals surface area (Å²) in [5.41, 5.74) is 0. The van der Waals surface area contributed by atoms with E-state index in [-0.39, 0.29) is 0 Å². The molecule has 86 valence electrons. The first-order valence-corrected chi connectivity index (χ1v) is 2.79. The van der Waals surface area contributed by atoms with Gasteiger partial charge in [-0.15, -0.1) is 0 Å². The van der Waals surface area contributed by atoms with Crippen LogP contribution in [0.5, 0.6) is 0 Å². The summed E-state index contributed by atoms with van der Waals surface area (Å²) in [6.45, 7) is 0. The van der Waals surface area contributed by atoms with Crippen molar-refractivity contribution >= 4 is 6.42 Å². The molecule has 0 spiro atoms. The van der Waals surface area contributed by atoms with E-state index < -0.39 is 24.7 Å². The van der Waals surface area contributed by atoms with Crippen molar-refractivity contribution in [3.05, 3.63) is 0 Å². The molecule has 0 aliphatic carbocycles. The molecule has 0 bridgehead atoms. The lowest BCUT2D eigenvalue weighted by atomic mass is 9.40. The Labute approximate surface area is 69.8 Å². The normalized spacial score (nSPS) is 15.9. The minimum Gasteiger partial charge on any atom is -0.490 e. The molecule has 0 atom stereocenters. The fourth-order valence-electron chi connectivity index (χ4n) is 0.557. The highest BCUT2D eigenvalue weighted by atomic mass is 19.4. The smallest absolute Gasteiger partial charge is 0.482 e. The molecule has 0 aromatic heterocycles. The third-order valence-electron chi connectivity index (χ3n) is 1.35. The monoisotopic (exact) mass is 237 g/mol. The minimum atomic E-state index is -7.94. The highest BCUT2D eigenvalue weighted by Gasteiger charge is 2.80. The van der Waals surface area contributed by atoms with Crippen LogP contribution in [0.1, 0.15) is 0 Å². The molecule has 0 amide bonds. The molecule has 0 heterocycles. The number of rotatable bonds is 0. The minimum absolute atomic E-state index is 7.03. The molecule has 0 nitrogen and oxygen atoms in total. The molecule has 14 heavy (non-hydrogen) atoms. The van der Waals surface area contributed by atoms with Crippen LogP contribution in [0.15, 0.2) is 0 Å². The Morgan fingerprint density at radius 3 is 0.643 bits per heavy atom. The summed E-state index contributed by atoms with van der Waals surface area (Å²) in [7, 11) is 0. The van der Waals surface area contributed by atoms with Gasteiger partial charge in [0.2, 0.25) is 0 Å². The van der Waals surface area contributed by atoms with E-state index >= 15 is 0 Å². The van der Waals surface area contributed by atoms with Gasteiger partial charge in [-0.2, -0.15) is 0 Å². The topological polar surface area (TPSA) is 0 Å². The number of hydrogen-bond acceptors (Lipinski definition) is 0. The number of halogens is 10. The van der Waals surface area contributed by atoms with Crippen molar-refractivity contribution in [2.45, 2.75) is 18.2 Å². The van der Waals surface area contributed by atoms with Crippen LogP contribution in [0.2, 0.25) is 0 Å². The van der Waals surface area contributed by atoms with Crippen LogP contribution in [0.25, 0.3) is 0 Å². The summed E-state index contributed by atoms with van der Waals surface area (Å²) in [6.07, 6.45) is -29.0. The summed E-state index contributed by atoms with van der Waals surface area (Å²) in [6, 6.07) is 0. The SMILES string of the molecule is F[B-](C(F)(F)F)(C(F)(F)F)C(F)(F)F. The predicted octanol–water partition coefficient (Wildman–Crippen LogP) is 3.21. The zero-order valence-electron chi connectivity index (χ0n) is 5.86. The number of hydrogen-bond donors (Lipinski definition) is 0. The van der Waals surface area contributed by atoms with Gasteiger partial charge in [-0.25, -0.2) is 39.5 Å². The molecule has 11 heteroatoms. The van der Waals surface area contributed by atoms with Crippen molar-refractivity contribution in [2.75, 3.05) is 0 Å². The Hall–Kier alpha value is -0.635. The molecule has 0 radical (unpaired) electrons. The molecule has 0 fully saturated rings. The van der Waals surface area contributed by atoms with E-state index in [9.17, 15) is 43.8 Å². The Morgan fingerprint density at radius 1 is 0.500 bits per heavy atom. The second-order valence-corrected chi connectivity index (χ2v) is 2.39. The van der Waals surface area contributed by atoms with Crippen LogP contribution in [0.3, 0.4) is 0 Å². The highest BCUT2D eigenvalue weighted by Crippen LogP contribution is 2.50. The summed E-state index contributed by atoms with van der Waals surface area (Å²) in [5.74, 6) is 0. The lowest BCUT2D eigenvalue weighted by Crippen LogP contribution is -2.68. The lowest BCUT2D eigenvalue weighted by molar-refractivity contribution is -0.177. The van der Waals surface area contributed by atoms with Crippen LogP contribution in [-0.4, -0.2) is 24.7 Å². The molecular formula is C3BF10-. The van der Waals surface area contributed by atoms with Crippen LogP contribution in [0, 0.1) is 0 Å². The van der Waals surface area contributed by atoms with E-state index in [2.05, 4.69) is 0 Å². The predicted molar refractivity (Wildman–Crippen MR) is 25.0 cm³/mol. The lowest BCUT2D eigenvalue weighted by Gasteiger charge is -2.37. The van der Waals surface area contributed by atoms with E-state index in [1.54, 1.807) is 0 Å². The van der Waals surface area contributed by atoms with Crippen molar-refractivity contribution in [1.82, 2.24) is 0 Å². The van der Waals surface area contributed by atoms with E-state index in [0.717, 1.165) is 0 Å². The van der Waals surface area contributed by atoms with Gasteiger partial charge < -0.3 is 4.32 Å². The van der Waals surface area contributed by atoms with Crippen LogP contribution >= 0.6 is 0 Å². The Balaban J connectivity index is 5.54. The van der Waals surface area contributed by atoms with Crippen molar-refractivity contribution < 1.29 is 43.8 Å². The molecule has 0 rings (SSSR count). The molecule has 0 aliphatic rings. The second kappa shape index (κ2) is 2.93. The van der Waals surface area contributed by atoms with Crippen LogP contribution in [0.4, 0.5) is 43.8 Å². The molecule has 0 aromatic rings. The van der Waals surface area contributed by atoms with Crippen molar-refractivity contribution in [3.63, 3.8) is 0 Å². The Morgan fingerprint density at radius 2 is 0.643 bits per heavy atom. The summed E-state index contributed by atoms with van der Waals surface area (Å²) < 4.78 is 114. The van der Waals surface area contributed by atoms with E-state index in [4.69, 9.17) is 0 Å². The van der Waals surface area contributed by atoms with Gasteiger partial charge in [-0.1, -0.05) is 0 Å². The zero-order chi connectivity index (χ0) is 12.0. The maximum absolute atomic E-state index is 12.0. The maximum Gasteiger partial charge on any atom is 0.482 e. The summed E-state index contributed by atoms with van der Waals surface area (Å²) in [5, 5.41) is 0. The average Bonchev–Trinajstić information content (AvgIpc) is 1.77. The van der Waals surface area contributed by atoms with Gasteiger partial charge in [0, 0.05) is 0 Å². The van der Waals surface area contributed by atoms with Crippen molar-refractivity contribution in [3.8, 4) is 0 Å². The standard InChI is InChI=1S/C3BF10/c5-1(6,7)4(14,2(8,9)10)3(11,12)13/q-1. The summed E-state index contributed by atoms with van der Waals surface area (Å²) >= 11 is 0. The van der Waals surface area contributed by atoms with E-state index in [0.29, 0.717) is 0 Å². The Kier molecular flexibility index (Phi) is 2.79. The average molecular weight is 237 g/mol. The first-order valence-electron chi connectivity index (χ1n) is 2.79. The first kappa shape index (κ1) is 13.4. The third-order valence-corrected chi connectivity index (χ3v) is 1.35. The second-order valence-electron chi connectivity index (χ2n) is 2.39. The maximum atomic E-state index is 12.0. The van der Waals surface area contributed by atoms with E-state index in [1.165, 1.54) is 0 Å².